The van der Waals surface area contributed by atoms with Crippen molar-refractivity contribution in [1.29, 1.82) is 0 Å². The largest absolute Gasteiger partial charge is 0.493 e. The van der Waals surface area contributed by atoms with Crippen LogP contribution in [0.5, 0.6) is 11.5 Å². The van der Waals surface area contributed by atoms with Crippen LogP contribution >= 0.6 is 11.6 Å². The van der Waals surface area contributed by atoms with E-state index >= 15 is 0 Å². The molecular weight excluding hydrogens is 380 g/mol. The molecule has 1 amide bonds. The number of hydrogen-bond acceptors (Lipinski definition) is 5. The second-order valence-corrected chi connectivity index (χ2v) is 6.62. The summed E-state index contributed by atoms with van der Waals surface area (Å²) in [6.45, 7) is 1.96. The van der Waals surface area contributed by atoms with Gasteiger partial charge in [0.2, 0.25) is 0 Å². The molecule has 0 saturated heterocycles. The fraction of sp³-hybridized carbons (Fsp3) is 0.250. The molecule has 8 heteroatoms. The summed E-state index contributed by atoms with van der Waals surface area (Å²) in [7, 11) is 4.76. The van der Waals surface area contributed by atoms with Crippen LogP contribution in [0.4, 0.5) is 0 Å². The van der Waals surface area contributed by atoms with Crippen LogP contribution in [0.1, 0.15) is 28.9 Å². The highest BCUT2D eigenvalue weighted by atomic mass is 35.5. The highest BCUT2D eigenvalue weighted by Crippen LogP contribution is 2.36. The highest BCUT2D eigenvalue weighted by Gasteiger charge is 2.22. The van der Waals surface area contributed by atoms with Gasteiger partial charge in [-0.05, 0) is 36.8 Å². The van der Waals surface area contributed by atoms with Crippen molar-refractivity contribution in [2.24, 2.45) is 0 Å². The van der Waals surface area contributed by atoms with Crippen LogP contribution in [0.3, 0.4) is 0 Å². The van der Waals surface area contributed by atoms with E-state index in [1.165, 1.54) is 20.5 Å². The molecule has 1 aromatic heterocycles. The van der Waals surface area contributed by atoms with Gasteiger partial charge in [-0.25, -0.2) is 9.67 Å². The molecule has 0 radical (unpaired) electrons. The molecule has 0 spiro atoms. The number of amides is 1. The standard InChI is InChI=1S/C20H21ClN4O3/c1-13(14-5-7-16(8-6-14)25-12-22-11-23-25)24(2)20(26)15-9-17(21)19(28-4)18(10-15)27-3/h5-13H,1-4H3/t13-/m1/s1. The molecular formula is C20H21ClN4O3. The van der Waals surface area contributed by atoms with Gasteiger partial charge in [0.05, 0.1) is 31.0 Å². The zero-order chi connectivity index (χ0) is 20.3. The molecule has 3 aromatic rings. The van der Waals surface area contributed by atoms with Gasteiger partial charge in [-0.15, -0.1) is 0 Å². The Morgan fingerprint density at radius 3 is 2.46 bits per heavy atom. The average molecular weight is 401 g/mol. The van der Waals surface area contributed by atoms with Gasteiger partial charge in [0, 0.05) is 12.6 Å². The Hall–Kier alpha value is -3.06. The number of hydrogen-bond donors (Lipinski definition) is 0. The summed E-state index contributed by atoms with van der Waals surface area (Å²) in [5.41, 5.74) is 2.32. The lowest BCUT2D eigenvalue weighted by atomic mass is 10.1. The summed E-state index contributed by atoms with van der Waals surface area (Å²) in [6.07, 6.45) is 3.12. The molecule has 3 rings (SSSR count). The summed E-state index contributed by atoms with van der Waals surface area (Å²) in [4.78, 5) is 18.6. The lowest BCUT2D eigenvalue weighted by Gasteiger charge is -2.26. The first-order valence-corrected chi connectivity index (χ1v) is 8.97. The highest BCUT2D eigenvalue weighted by molar-refractivity contribution is 6.32. The van der Waals surface area contributed by atoms with Gasteiger partial charge in [-0.1, -0.05) is 23.7 Å². The van der Waals surface area contributed by atoms with Crippen LogP contribution in [-0.4, -0.2) is 46.8 Å². The van der Waals surface area contributed by atoms with E-state index in [1.807, 2.05) is 31.2 Å². The lowest BCUT2D eigenvalue weighted by Crippen LogP contribution is -2.29. The van der Waals surface area contributed by atoms with Crippen molar-refractivity contribution in [2.75, 3.05) is 21.3 Å². The zero-order valence-corrected chi connectivity index (χ0v) is 16.8. The Morgan fingerprint density at radius 1 is 1.18 bits per heavy atom. The summed E-state index contributed by atoms with van der Waals surface area (Å²) >= 11 is 6.24. The van der Waals surface area contributed by atoms with E-state index in [-0.39, 0.29) is 11.9 Å². The predicted molar refractivity (Wildman–Crippen MR) is 106 cm³/mol. The summed E-state index contributed by atoms with van der Waals surface area (Å²) < 4.78 is 12.2. The number of aromatic nitrogens is 3. The average Bonchev–Trinajstić information content (AvgIpc) is 3.26. The molecule has 0 bridgehead atoms. The van der Waals surface area contributed by atoms with E-state index < -0.39 is 0 Å². The Balaban J connectivity index is 1.82. The fourth-order valence-electron chi connectivity index (χ4n) is 2.89. The van der Waals surface area contributed by atoms with Crippen LogP contribution in [0.15, 0.2) is 49.1 Å². The van der Waals surface area contributed by atoms with Gasteiger partial charge >= 0.3 is 0 Å². The molecule has 0 N–H and O–H groups in total. The smallest absolute Gasteiger partial charge is 0.254 e. The predicted octanol–water partition coefficient (Wildman–Crippen LogP) is 3.77. The molecule has 0 aliphatic rings. The van der Waals surface area contributed by atoms with Gasteiger partial charge in [-0.2, -0.15) is 5.10 Å². The number of methoxy groups -OCH3 is 2. The van der Waals surface area contributed by atoms with Gasteiger partial charge in [0.15, 0.2) is 11.5 Å². The molecule has 1 heterocycles. The maximum Gasteiger partial charge on any atom is 0.254 e. The van der Waals surface area contributed by atoms with Gasteiger partial charge in [0.1, 0.15) is 12.7 Å². The minimum Gasteiger partial charge on any atom is -0.493 e. The van der Waals surface area contributed by atoms with Gasteiger partial charge in [0.25, 0.3) is 5.91 Å². The quantitative estimate of drug-likeness (QED) is 0.630. The molecule has 7 nitrogen and oxygen atoms in total. The third kappa shape index (κ3) is 3.80. The molecule has 146 valence electrons. The second kappa shape index (κ2) is 8.31. The van der Waals surface area contributed by atoms with Crippen LogP contribution in [0.2, 0.25) is 5.02 Å². The van der Waals surface area contributed by atoms with Crippen LogP contribution in [-0.2, 0) is 0 Å². The molecule has 2 aromatic carbocycles. The van der Waals surface area contributed by atoms with E-state index in [9.17, 15) is 4.79 Å². The molecule has 1 atom stereocenters. The number of carbonyl (C=O) groups is 1. The lowest BCUT2D eigenvalue weighted by molar-refractivity contribution is 0.0742. The molecule has 0 unspecified atom stereocenters. The first kappa shape index (κ1) is 19.7. The third-order valence-corrected chi connectivity index (χ3v) is 4.92. The van der Waals surface area contributed by atoms with E-state index in [2.05, 4.69) is 10.1 Å². The molecule has 28 heavy (non-hydrogen) atoms. The van der Waals surface area contributed by atoms with Crippen molar-refractivity contribution in [3.63, 3.8) is 0 Å². The topological polar surface area (TPSA) is 69.5 Å². The zero-order valence-electron chi connectivity index (χ0n) is 16.1. The first-order chi connectivity index (χ1) is 13.5. The monoisotopic (exact) mass is 400 g/mol. The maximum atomic E-state index is 13.0. The summed E-state index contributed by atoms with van der Waals surface area (Å²) in [6, 6.07) is 10.9. The Bertz CT molecular complexity index is 958. The minimum atomic E-state index is -0.171. The molecule has 0 aliphatic carbocycles. The van der Waals surface area contributed by atoms with Crippen molar-refractivity contribution >= 4 is 17.5 Å². The Kier molecular flexibility index (Phi) is 5.84. The van der Waals surface area contributed by atoms with Crippen molar-refractivity contribution in [3.05, 3.63) is 65.2 Å². The van der Waals surface area contributed by atoms with Crippen molar-refractivity contribution < 1.29 is 14.3 Å². The number of rotatable bonds is 6. The number of nitrogens with zero attached hydrogens (tertiary/aromatic N) is 4. The van der Waals surface area contributed by atoms with E-state index in [0.717, 1.165) is 11.3 Å². The van der Waals surface area contributed by atoms with Crippen molar-refractivity contribution in [3.8, 4) is 17.2 Å². The number of ether oxygens (including phenoxy) is 2. The third-order valence-electron chi connectivity index (χ3n) is 4.64. The van der Waals surface area contributed by atoms with Crippen LogP contribution < -0.4 is 9.47 Å². The SMILES string of the molecule is COc1cc(C(=O)N(C)[C@H](C)c2ccc(-n3cncn3)cc2)cc(Cl)c1OC. The number of carbonyl (C=O) groups excluding carboxylic acids is 1. The van der Waals surface area contributed by atoms with Crippen molar-refractivity contribution in [1.82, 2.24) is 19.7 Å². The van der Waals surface area contributed by atoms with Crippen LogP contribution in [0.25, 0.3) is 5.69 Å². The molecule has 0 fully saturated rings. The molecule has 0 aliphatic heterocycles. The van der Waals surface area contributed by atoms with Crippen molar-refractivity contribution in [2.45, 2.75) is 13.0 Å². The maximum absolute atomic E-state index is 13.0. The number of benzene rings is 2. The normalized spacial score (nSPS) is 11.8. The van der Waals surface area contributed by atoms with E-state index in [0.29, 0.717) is 22.1 Å². The van der Waals surface area contributed by atoms with E-state index in [1.54, 1.807) is 35.1 Å². The van der Waals surface area contributed by atoms with Gasteiger partial charge < -0.3 is 14.4 Å². The van der Waals surface area contributed by atoms with E-state index in [4.69, 9.17) is 21.1 Å². The minimum absolute atomic E-state index is 0.149. The summed E-state index contributed by atoms with van der Waals surface area (Å²) in [5, 5.41) is 4.43. The summed E-state index contributed by atoms with van der Waals surface area (Å²) in [5.74, 6) is 0.646. The van der Waals surface area contributed by atoms with Crippen LogP contribution in [0, 0.1) is 0 Å². The Labute approximate surface area is 168 Å². The van der Waals surface area contributed by atoms with Gasteiger partial charge in [-0.3, -0.25) is 4.79 Å². The fourth-order valence-corrected chi connectivity index (χ4v) is 3.18. The number of halogens is 1. The molecule has 0 saturated carbocycles. The second-order valence-electron chi connectivity index (χ2n) is 6.22. The Morgan fingerprint density at radius 2 is 1.89 bits per heavy atom. The first-order valence-electron chi connectivity index (χ1n) is 8.60.